The van der Waals surface area contributed by atoms with Crippen molar-refractivity contribution < 1.29 is 9.84 Å². The predicted octanol–water partition coefficient (Wildman–Crippen LogP) is 4.16. The molecule has 0 saturated heterocycles. The van der Waals surface area contributed by atoms with E-state index in [1.165, 1.54) is 24.8 Å². The van der Waals surface area contributed by atoms with Gasteiger partial charge < -0.3 is 9.84 Å². The quantitative estimate of drug-likeness (QED) is 0.914. The molecule has 0 amide bonds. The van der Waals surface area contributed by atoms with Crippen molar-refractivity contribution in [3.8, 4) is 5.75 Å². The van der Waals surface area contributed by atoms with Gasteiger partial charge in [-0.3, -0.25) is 0 Å². The average Bonchev–Trinajstić information content (AvgIpc) is 2.89. The van der Waals surface area contributed by atoms with Gasteiger partial charge in [-0.25, -0.2) is 0 Å². The van der Waals surface area contributed by atoms with E-state index < -0.39 is 6.10 Å². The smallest absolute Gasteiger partial charge is 0.123 e. The molecule has 21 heavy (non-hydrogen) atoms. The molecule has 1 fully saturated rings. The fraction of sp³-hybridized carbons (Fsp3) is 0.368. The summed E-state index contributed by atoms with van der Waals surface area (Å²) in [5, 5.41) is 10.9. The van der Waals surface area contributed by atoms with Crippen LogP contribution in [0.25, 0.3) is 0 Å². The van der Waals surface area contributed by atoms with Crippen molar-refractivity contribution in [3.05, 3.63) is 65.2 Å². The topological polar surface area (TPSA) is 29.5 Å². The summed E-state index contributed by atoms with van der Waals surface area (Å²) in [5.41, 5.74) is 3.56. The standard InChI is InChI=1S/C19H20O2/c20-19(17-12-21-18-11-4-3-9-15(17)18)16-10-2-1-8-14(16)13-6-5-7-13/h1-4,8-11,13,17,19-20H,5-7,12H2. The molecule has 1 aliphatic heterocycles. The summed E-state index contributed by atoms with van der Waals surface area (Å²) in [7, 11) is 0. The maximum atomic E-state index is 10.9. The highest BCUT2D eigenvalue weighted by Crippen LogP contribution is 2.45. The summed E-state index contributed by atoms with van der Waals surface area (Å²) in [6.45, 7) is 0.569. The Kier molecular flexibility index (Phi) is 3.19. The molecule has 2 unspecified atom stereocenters. The lowest BCUT2D eigenvalue weighted by atomic mass is 9.76. The van der Waals surface area contributed by atoms with E-state index in [1.54, 1.807) is 0 Å². The van der Waals surface area contributed by atoms with Crippen LogP contribution in [0.15, 0.2) is 48.5 Å². The molecule has 2 heteroatoms. The number of aliphatic hydroxyl groups is 1. The zero-order valence-corrected chi connectivity index (χ0v) is 12.0. The number of fused-ring (bicyclic) bond motifs is 1. The second kappa shape index (κ2) is 5.19. The Balaban J connectivity index is 1.68. The highest BCUT2D eigenvalue weighted by Gasteiger charge is 2.33. The molecule has 2 aliphatic rings. The van der Waals surface area contributed by atoms with E-state index in [2.05, 4.69) is 24.3 Å². The first-order valence-corrected chi connectivity index (χ1v) is 7.83. The first-order chi connectivity index (χ1) is 10.3. The zero-order valence-electron chi connectivity index (χ0n) is 12.0. The molecule has 1 aliphatic carbocycles. The van der Waals surface area contributed by atoms with Gasteiger partial charge in [0.05, 0.1) is 18.6 Å². The van der Waals surface area contributed by atoms with Crippen molar-refractivity contribution in [1.29, 1.82) is 0 Å². The molecule has 1 saturated carbocycles. The van der Waals surface area contributed by atoms with Crippen LogP contribution in [-0.2, 0) is 0 Å². The Morgan fingerprint density at radius 1 is 0.952 bits per heavy atom. The van der Waals surface area contributed by atoms with Crippen LogP contribution in [0.3, 0.4) is 0 Å². The SMILES string of the molecule is OC(c1ccccc1C1CCC1)C1COc2ccccc21. The van der Waals surface area contributed by atoms with Crippen LogP contribution < -0.4 is 4.74 Å². The van der Waals surface area contributed by atoms with Crippen molar-refractivity contribution in [3.63, 3.8) is 0 Å². The molecule has 1 N–H and O–H groups in total. The van der Waals surface area contributed by atoms with Crippen LogP contribution in [0.4, 0.5) is 0 Å². The van der Waals surface area contributed by atoms with E-state index in [4.69, 9.17) is 4.74 Å². The van der Waals surface area contributed by atoms with Gasteiger partial charge in [0.1, 0.15) is 5.75 Å². The van der Waals surface area contributed by atoms with Gasteiger partial charge >= 0.3 is 0 Å². The first kappa shape index (κ1) is 12.9. The molecule has 4 rings (SSSR count). The Morgan fingerprint density at radius 2 is 1.67 bits per heavy atom. The van der Waals surface area contributed by atoms with Crippen molar-refractivity contribution >= 4 is 0 Å². The van der Waals surface area contributed by atoms with Crippen molar-refractivity contribution in [2.75, 3.05) is 6.61 Å². The number of rotatable bonds is 3. The minimum Gasteiger partial charge on any atom is -0.493 e. The lowest BCUT2D eigenvalue weighted by Crippen LogP contribution is -2.17. The molecule has 0 radical (unpaired) electrons. The van der Waals surface area contributed by atoms with Gasteiger partial charge in [0.25, 0.3) is 0 Å². The van der Waals surface area contributed by atoms with Crippen molar-refractivity contribution in [1.82, 2.24) is 0 Å². The lowest BCUT2D eigenvalue weighted by molar-refractivity contribution is 0.128. The van der Waals surface area contributed by atoms with Gasteiger partial charge in [-0.05, 0) is 36.0 Å². The van der Waals surface area contributed by atoms with E-state index >= 15 is 0 Å². The largest absolute Gasteiger partial charge is 0.493 e. The maximum Gasteiger partial charge on any atom is 0.123 e. The average molecular weight is 280 g/mol. The number of para-hydroxylation sites is 1. The van der Waals surface area contributed by atoms with Gasteiger partial charge in [-0.2, -0.15) is 0 Å². The number of ether oxygens (including phenoxy) is 1. The van der Waals surface area contributed by atoms with Crippen LogP contribution in [0.1, 0.15) is 53.9 Å². The van der Waals surface area contributed by atoms with E-state index in [1.807, 2.05) is 24.3 Å². The Hall–Kier alpha value is -1.80. The Labute approximate surface area is 125 Å². The summed E-state index contributed by atoms with van der Waals surface area (Å²) in [5.74, 6) is 1.60. The van der Waals surface area contributed by atoms with Crippen molar-refractivity contribution in [2.24, 2.45) is 0 Å². The third kappa shape index (κ3) is 2.14. The Bertz CT molecular complexity index is 646. The molecule has 0 aromatic heterocycles. The lowest BCUT2D eigenvalue weighted by Gasteiger charge is -2.30. The molecule has 1 heterocycles. The van der Waals surface area contributed by atoms with Gasteiger partial charge in [0.2, 0.25) is 0 Å². The van der Waals surface area contributed by atoms with E-state index in [-0.39, 0.29) is 5.92 Å². The normalized spacial score (nSPS) is 22.2. The molecule has 2 aromatic carbocycles. The second-order valence-corrected chi connectivity index (χ2v) is 6.16. The number of hydrogen-bond donors (Lipinski definition) is 1. The van der Waals surface area contributed by atoms with Crippen LogP contribution in [-0.4, -0.2) is 11.7 Å². The summed E-state index contributed by atoms with van der Waals surface area (Å²) < 4.78 is 5.73. The fourth-order valence-corrected chi connectivity index (χ4v) is 3.54. The molecule has 2 nitrogen and oxygen atoms in total. The van der Waals surface area contributed by atoms with Gasteiger partial charge in [0.15, 0.2) is 0 Å². The maximum absolute atomic E-state index is 10.9. The van der Waals surface area contributed by atoms with E-state index in [0.29, 0.717) is 12.5 Å². The summed E-state index contributed by atoms with van der Waals surface area (Å²) in [6.07, 6.45) is 3.33. The number of aliphatic hydroxyl groups excluding tert-OH is 1. The van der Waals surface area contributed by atoms with Gasteiger partial charge in [0, 0.05) is 5.56 Å². The second-order valence-electron chi connectivity index (χ2n) is 6.16. The van der Waals surface area contributed by atoms with Crippen LogP contribution in [0.5, 0.6) is 5.75 Å². The molecule has 2 aromatic rings. The third-order valence-corrected chi connectivity index (χ3v) is 4.98. The molecule has 0 spiro atoms. The Morgan fingerprint density at radius 3 is 2.43 bits per heavy atom. The molecule has 108 valence electrons. The molecular weight excluding hydrogens is 260 g/mol. The molecule has 0 bridgehead atoms. The summed E-state index contributed by atoms with van der Waals surface area (Å²) in [4.78, 5) is 0. The predicted molar refractivity (Wildman–Crippen MR) is 82.7 cm³/mol. The van der Waals surface area contributed by atoms with Crippen molar-refractivity contribution in [2.45, 2.75) is 37.2 Å². The zero-order chi connectivity index (χ0) is 14.2. The highest BCUT2D eigenvalue weighted by molar-refractivity contribution is 5.43. The van der Waals surface area contributed by atoms with E-state index in [9.17, 15) is 5.11 Å². The van der Waals surface area contributed by atoms with Gasteiger partial charge in [-0.15, -0.1) is 0 Å². The van der Waals surface area contributed by atoms with Gasteiger partial charge in [-0.1, -0.05) is 48.9 Å². The van der Waals surface area contributed by atoms with Crippen LogP contribution in [0, 0.1) is 0 Å². The van der Waals surface area contributed by atoms with Crippen LogP contribution in [0.2, 0.25) is 0 Å². The number of benzene rings is 2. The van der Waals surface area contributed by atoms with E-state index in [0.717, 1.165) is 16.9 Å². The minimum absolute atomic E-state index is 0.0439. The third-order valence-electron chi connectivity index (χ3n) is 4.98. The fourth-order valence-electron chi connectivity index (χ4n) is 3.54. The summed E-state index contributed by atoms with van der Waals surface area (Å²) in [6, 6.07) is 16.4. The monoisotopic (exact) mass is 280 g/mol. The number of hydrogen-bond acceptors (Lipinski definition) is 2. The minimum atomic E-state index is -0.481. The molecular formula is C19H20O2. The highest BCUT2D eigenvalue weighted by atomic mass is 16.5. The molecule has 2 atom stereocenters. The first-order valence-electron chi connectivity index (χ1n) is 7.83. The van der Waals surface area contributed by atoms with Crippen LogP contribution >= 0.6 is 0 Å². The summed E-state index contributed by atoms with van der Waals surface area (Å²) >= 11 is 0.